The quantitative estimate of drug-likeness (QED) is 0.860. The van der Waals surface area contributed by atoms with E-state index < -0.39 is 5.54 Å². The maximum Gasteiger partial charge on any atom is 0.244 e. The van der Waals surface area contributed by atoms with Crippen LogP contribution in [0.25, 0.3) is 0 Å². The largest absolute Gasteiger partial charge is 0.323 e. The molecule has 1 saturated heterocycles. The normalized spacial score (nSPS) is 22.5. The van der Waals surface area contributed by atoms with Crippen molar-refractivity contribution in [2.24, 2.45) is 0 Å². The van der Waals surface area contributed by atoms with E-state index in [1.807, 2.05) is 13.0 Å². The number of nitrogens with one attached hydrogen (secondary N) is 2. The Balaban J connectivity index is 2.19. The van der Waals surface area contributed by atoms with Gasteiger partial charge in [-0.15, -0.1) is 0 Å². The van der Waals surface area contributed by atoms with Crippen LogP contribution >= 0.6 is 11.6 Å². The van der Waals surface area contributed by atoms with Gasteiger partial charge in [-0.3, -0.25) is 4.79 Å². The topological polar surface area (TPSA) is 64.9 Å². The van der Waals surface area contributed by atoms with Crippen molar-refractivity contribution >= 4 is 23.2 Å². The molecule has 18 heavy (non-hydrogen) atoms. The fourth-order valence-corrected chi connectivity index (χ4v) is 2.20. The van der Waals surface area contributed by atoms with E-state index in [1.165, 1.54) is 0 Å². The second-order valence-corrected chi connectivity index (χ2v) is 5.03. The van der Waals surface area contributed by atoms with E-state index in [2.05, 4.69) is 10.6 Å². The number of nitriles is 1. The molecule has 0 bridgehead atoms. The minimum atomic E-state index is -0.550. The van der Waals surface area contributed by atoms with Gasteiger partial charge in [0.15, 0.2) is 0 Å². The van der Waals surface area contributed by atoms with Gasteiger partial charge in [-0.05, 0) is 44.5 Å². The molecule has 1 aromatic rings. The Bertz CT molecular complexity index is 515. The minimum Gasteiger partial charge on any atom is -0.323 e. The highest BCUT2D eigenvalue weighted by Gasteiger charge is 2.36. The monoisotopic (exact) mass is 263 g/mol. The standard InChI is InChI=1S/C13H14ClN3O/c1-13(5-2-6-16-13)12(18)17-11-7-9(8-15)3-4-10(11)14/h3-4,7,16H,2,5-6H2,1H3,(H,17,18). The summed E-state index contributed by atoms with van der Waals surface area (Å²) in [6.07, 6.45) is 1.78. The highest BCUT2D eigenvalue weighted by atomic mass is 35.5. The number of amides is 1. The number of hydrogen-bond donors (Lipinski definition) is 2. The summed E-state index contributed by atoms with van der Waals surface area (Å²) < 4.78 is 0. The van der Waals surface area contributed by atoms with Crippen LogP contribution in [0.2, 0.25) is 5.02 Å². The molecule has 1 heterocycles. The number of carbonyl (C=O) groups is 1. The Hall–Kier alpha value is -1.57. The van der Waals surface area contributed by atoms with E-state index in [0.29, 0.717) is 16.3 Å². The fourth-order valence-electron chi connectivity index (χ4n) is 2.04. The van der Waals surface area contributed by atoms with Crippen molar-refractivity contribution in [1.82, 2.24) is 5.32 Å². The Morgan fingerprint density at radius 2 is 2.39 bits per heavy atom. The first-order chi connectivity index (χ1) is 8.55. The van der Waals surface area contributed by atoms with Gasteiger partial charge >= 0.3 is 0 Å². The molecular formula is C13H14ClN3O. The Labute approximate surface area is 111 Å². The van der Waals surface area contributed by atoms with Crippen LogP contribution in [0.3, 0.4) is 0 Å². The third kappa shape index (κ3) is 2.47. The van der Waals surface area contributed by atoms with Crippen LogP contribution in [0.4, 0.5) is 5.69 Å². The van der Waals surface area contributed by atoms with Crippen LogP contribution in [-0.2, 0) is 4.79 Å². The number of halogens is 1. The summed E-state index contributed by atoms with van der Waals surface area (Å²) in [5.41, 5.74) is 0.404. The molecule has 0 aromatic heterocycles. The average Bonchev–Trinajstić information content (AvgIpc) is 2.80. The Morgan fingerprint density at radius 3 is 3.00 bits per heavy atom. The molecule has 5 heteroatoms. The highest BCUT2D eigenvalue weighted by Crippen LogP contribution is 2.26. The van der Waals surface area contributed by atoms with Gasteiger partial charge in [0.1, 0.15) is 0 Å². The first-order valence-corrected chi connectivity index (χ1v) is 6.19. The zero-order valence-corrected chi connectivity index (χ0v) is 10.8. The molecule has 0 spiro atoms. The van der Waals surface area contributed by atoms with Crippen LogP contribution in [0, 0.1) is 11.3 Å². The third-order valence-corrected chi connectivity index (χ3v) is 3.54. The summed E-state index contributed by atoms with van der Waals surface area (Å²) in [5.74, 6) is -0.114. The van der Waals surface area contributed by atoms with Gasteiger partial charge in [0.25, 0.3) is 0 Å². The summed E-state index contributed by atoms with van der Waals surface area (Å²) in [5, 5.41) is 15.2. The average molecular weight is 264 g/mol. The number of nitrogens with zero attached hydrogens (tertiary/aromatic N) is 1. The van der Waals surface area contributed by atoms with Crippen molar-refractivity contribution in [2.75, 3.05) is 11.9 Å². The molecule has 1 fully saturated rings. The van der Waals surface area contributed by atoms with E-state index in [4.69, 9.17) is 16.9 Å². The molecule has 1 aliphatic heterocycles. The molecule has 94 valence electrons. The van der Waals surface area contributed by atoms with Gasteiger partial charge < -0.3 is 10.6 Å². The van der Waals surface area contributed by atoms with Crippen LogP contribution in [0.1, 0.15) is 25.3 Å². The SMILES string of the molecule is CC1(C(=O)Nc2cc(C#N)ccc2Cl)CCCN1. The molecule has 2 rings (SSSR count). The predicted octanol–water partition coefficient (Wildman–Crippen LogP) is 2.29. The van der Waals surface area contributed by atoms with Crippen molar-refractivity contribution in [1.29, 1.82) is 5.26 Å². The smallest absolute Gasteiger partial charge is 0.244 e. The van der Waals surface area contributed by atoms with E-state index in [-0.39, 0.29) is 5.91 Å². The first kappa shape index (κ1) is 12.9. The lowest BCUT2D eigenvalue weighted by Gasteiger charge is -2.23. The van der Waals surface area contributed by atoms with Gasteiger partial charge in [-0.25, -0.2) is 0 Å². The van der Waals surface area contributed by atoms with Gasteiger partial charge in [0.05, 0.1) is 27.9 Å². The molecule has 1 amide bonds. The lowest BCUT2D eigenvalue weighted by molar-refractivity contribution is -0.121. The van der Waals surface area contributed by atoms with E-state index in [9.17, 15) is 4.79 Å². The zero-order chi connectivity index (χ0) is 13.2. The van der Waals surface area contributed by atoms with Gasteiger partial charge in [0.2, 0.25) is 5.91 Å². The minimum absolute atomic E-state index is 0.114. The van der Waals surface area contributed by atoms with E-state index >= 15 is 0 Å². The van der Waals surface area contributed by atoms with Crippen LogP contribution in [0.15, 0.2) is 18.2 Å². The van der Waals surface area contributed by atoms with E-state index in [0.717, 1.165) is 19.4 Å². The molecule has 0 saturated carbocycles. The molecule has 0 aliphatic carbocycles. The molecule has 4 nitrogen and oxygen atoms in total. The number of anilines is 1. The number of benzene rings is 1. The van der Waals surface area contributed by atoms with Crippen LogP contribution in [-0.4, -0.2) is 18.0 Å². The summed E-state index contributed by atoms with van der Waals surface area (Å²) >= 11 is 6.00. The number of hydrogen-bond acceptors (Lipinski definition) is 3. The summed E-state index contributed by atoms with van der Waals surface area (Å²) in [6, 6.07) is 6.83. The second-order valence-electron chi connectivity index (χ2n) is 4.62. The maximum absolute atomic E-state index is 12.2. The summed E-state index contributed by atoms with van der Waals surface area (Å²) in [4.78, 5) is 12.2. The highest BCUT2D eigenvalue weighted by molar-refractivity contribution is 6.33. The van der Waals surface area contributed by atoms with Crippen molar-refractivity contribution in [3.8, 4) is 6.07 Å². The number of rotatable bonds is 2. The van der Waals surface area contributed by atoms with Crippen LogP contribution < -0.4 is 10.6 Å². The lowest BCUT2D eigenvalue weighted by atomic mass is 9.99. The molecule has 1 atom stereocenters. The Morgan fingerprint density at radius 1 is 1.61 bits per heavy atom. The van der Waals surface area contributed by atoms with Crippen molar-refractivity contribution in [3.63, 3.8) is 0 Å². The summed E-state index contributed by atoms with van der Waals surface area (Å²) in [7, 11) is 0. The fraction of sp³-hybridized carbons (Fsp3) is 0.385. The molecule has 1 aliphatic rings. The van der Waals surface area contributed by atoms with Crippen molar-refractivity contribution in [2.45, 2.75) is 25.3 Å². The third-order valence-electron chi connectivity index (χ3n) is 3.21. The molecular weight excluding hydrogens is 250 g/mol. The lowest BCUT2D eigenvalue weighted by Crippen LogP contribution is -2.48. The van der Waals surface area contributed by atoms with Crippen molar-refractivity contribution < 1.29 is 4.79 Å². The molecule has 0 radical (unpaired) electrons. The maximum atomic E-state index is 12.2. The van der Waals surface area contributed by atoms with Gasteiger partial charge in [0, 0.05) is 0 Å². The first-order valence-electron chi connectivity index (χ1n) is 5.81. The van der Waals surface area contributed by atoms with Gasteiger partial charge in [-0.1, -0.05) is 11.6 Å². The van der Waals surface area contributed by atoms with E-state index in [1.54, 1.807) is 18.2 Å². The van der Waals surface area contributed by atoms with Crippen LogP contribution in [0.5, 0.6) is 0 Å². The summed E-state index contributed by atoms with van der Waals surface area (Å²) in [6.45, 7) is 2.72. The molecule has 1 aromatic carbocycles. The zero-order valence-electron chi connectivity index (χ0n) is 10.1. The number of carbonyl (C=O) groups excluding carboxylic acids is 1. The predicted molar refractivity (Wildman–Crippen MR) is 70.4 cm³/mol. The Kier molecular flexibility index (Phi) is 3.55. The molecule has 2 N–H and O–H groups in total. The second kappa shape index (κ2) is 4.97. The molecule has 1 unspecified atom stereocenters. The van der Waals surface area contributed by atoms with Gasteiger partial charge in [-0.2, -0.15) is 5.26 Å². The van der Waals surface area contributed by atoms with Crippen molar-refractivity contribution in [3.05, 3.63) is 28.8 Å².